The van der Waals surface area contributed by atoms with Crippen LogP contribution in [-0.4, -0.2) is 0 Å². The van der Waals surface area contributed by atoms with E-state index in [0.717, 1.165) is 6.07 Å². The minimum atomic E-state index is -1.62. The second-order valence-electron chi connectivity index (χ2n) is 5.39. The fraction of sp³-hybridized carbons (Fsp3) is 0. The zero-order valence-corrected chi connectivity index (χ0v) is 12.8. The van der Waals surface area contributed by atoms with Gasteiger partial charge >= 0.3 is 0 Å². The lowest BCUT2D eigenvalue weighted by molar-refractivity contribution is 0.447. The number of hydrogen-bond acceptors (Lipinski definition) is 0. The first-order valence-corrected chi connectivity index (χ1v) is 7.27. The van der Waals surface area contributed by atoms with Crippen LogP contribution >= 0.6 is 0 Å². The Balaban J connectivity index is 2.06. The highest BCUT2D eigenvalue weighted by atomic mass is 19.2. The van der Waals surface area contributed by atoms with Gasteiger partial charge in [-0.3, -0.25) is 0 Å². The third-order valence-corrected chi connectivity index (χ3v) is 3.80. The standard InChI is InChI=1S/C20H11F5/c1-2-11-3-5-14(16(21)7-11)12-4-6-15(17(22)8-12)13-9-18(23)20(25)19(24)10-13/h2-10H,1H2. The van der Waals surface area contributed by atoms with Gasteiger partial charge in [0.05, 0.1) is 0 Å². The Hall–Kier alpha value is -2.95. The molecule has 126 valence electrons. The van der Waals surface area contributed by atoms with E-state index < -0.39 is 29.1 Å². The van der Waals surface area contributed by atoms with E-state index in [2.05, 4.69) is 6.58 Å². The third-order valence-electron chi connectivity index (χ3n) is 3.80. The topological polar surface area (TPSA) is 0 Å². The molecule has 0 aliphatic heterocycles. The fourth-order valence-electron chi connectivity index (χ4n) is 2.52. The van der Waals surface area contributed by atoms with Gasteiger partial charge in [0, 0.05) is 11.1 Å². The minimum Gasteiger partial charge on any atom is -0.206 e. The molecule has 0 nitrogen and oxygen atoms in total. The summed E-state index contributed by atoms with van der Waals surface area (Å²) >= 11 is 0. The van der Waals surface area contributed by atoms with Crippen molar-refractivity contribution < 1.29 is 22.0 Å². The maximum Gasteiger partial charge on any atom is 0.194 e. The maximum atomic E-state index is 14.4. The lowest BCUT2D eigenvalue weighted by atomic mass is 9.98. The number of hydrogen-bond donors (Lipinski definition) is 0. The van der Waals surface area contributed by atoms with Crippen LogP contribution in [0.15, 0.2) is 55.1 Å². The fourth-order valence-corrected chi connectivity index (χ4v) is 2.52. The lowest BCUT2D eigenvalue weighted by Gasteiger charge is -2.09. The first kappa shape index (κ1) is 16.9. The van der Waals surface area contributed by atoms with Gasteiger partial charge in [-0.25, -0.2) is 22.0 Å². The molecule has 3 aromatic carbocycles. The molecule has 0 fully saturated rings. The van der Waals surface area contributed by atoms with E-state index in [1.54, 1.807) is 6.07 Å². The van der Waals surface area contributed by atoms with Crippen molar-refractivity contribution in [2.75, 3.05) is 0 Å². The molecule has 3 aromatic rings. The highest BCUT2D eigenvalue weighted by Gasteiger charge is 2.15. The van der Waals surface area contributed by atoms with Crippen LogP contribution in [-0.2, 0) is 0 Å². The van der Waals surface area contributed by atoms with Crippen LogP contribution in [0, 0.1) is 29.1 Å². The monoisotopic (exact) mass is 346 g/mol. The van der Waals surface area contributed by atoms with Crippen molar-refractivity contribution in [1.82, 2.24) is 0 Å². The van der Waals surface area contributed by atoms with Crippen LogP contribution in [0.5, 0.6) is 0 Å². The van der Waals surface area contributed by atoms with Gasteiger partial charge in [-0.05, 0) is 41.0 Å². The molecule has 0 atom stereocenters. The molecule has 0 spiro atoms. The molecule has 25 heavy (non-hydrogen) atoms. The largest absolute Gasteiger partial charge is 0.206 e. The summed E-state index contributed by atoms with van der Waals surface area (Å²) in [7, 11) is 0. The molecule has 0 unspecified atom stereocenters. The second-order valence-corrected chi connectivity index (χ2v) is 5.39. The Morgan fingerprint density at radius 2 is 1.12 bits per heavy atom. The van der Waals surface area contributed by atoms with Gasteiger partial charge < -0.3 is 0 Å². The summed E-state index contributed by atoms with van der Waals surface area (Å²) < 4.78 is 68.2. The summed E-state index contributed by atoms with van der Waals surface area (Å²) in [6.45, 7) is 3.54. The summed E-state index contributed by atoms with van der Waals surface area (Å²) in [6, 6.07) is 9.52. The Labute approximate surface area is 140 Å². The normalized spacial score (nSPS) is 10.8. The molecule has 0 radical (unpaired) electrons. The first-order valence-electron chi connectivity index (χ1n) is 7.27. The Kier molecular flexibility index (Phi) is 4.40. The van der Waals surface area contributed by atoms with E-state index in [1.807, 2.05) is 0 Å². The molecule has 5 heteroatoms. The second kappa shape index (κ2) is 6.51. The van der Waals surface area contributed by atoms with Gasteiger partial charge in [0.15, 0.2) is 17.5 Å². The molecule has 0 aliphatic carbocycles. The molecule has 0 heterocycles. The van der Waals surface area contributed by atoms with Gasteiger partial charge in [-0.15, -0.1) is 0 Å². The van der Waals surface area contributed by atoms with E-state index in [1.165, 1.54) is 30.3 Å². The van der Waals surface area contributed by atoms with E-state index in [-0.39, 0.29) is 22.3 Å². The smallest absolute Gasteiger partial charge is 0.194 e. The van der Waals surface area contributed by atoms with Gasteiger partial charge in [0.1, 0.15) is 11.6 Å². The van der Waals surface area contributed by atoms with Gasteiger partial charge in [-0.1, -0.05) is 36.9 Å². The maximum absolute atomic E-state index is 14.4. The molecule has 0 N–H and O–H groups in total. The predicted octanol–water partition coefficient (Wildman–Crippen LogP) is 6.36. The molecule has 0 bridgehead atoms. The van der Waals surface area contributed by atoms with Gasteiger partial charge in [0.2, 0.25) is 0 Å². The molecule has 0 saturated heterocycles. The first-order chi connectivity index (χ1) is 11.9. The zero-order chi connectivity index (χ0) is 18.1. The van der Waals surface area contributed by atoms with Crippen LogP contribution in [0.1, 0.15) is 5.56 Å². The van der Waals surface area contributed by atoms with Crippen LogP contribution in [0.2, 0.25) is 0 Å². The van der Waals surface area contributed by atoms with E-state index in [0.29, 0.717) is 17.7 Å². The predicted molar refractivity (Wildman–Crippen MR) is 87.2 cm³/mol. The van der Waals surface area contributed by atoms with Crippen LogP contribution < -0.4 is 0 Å². The molecule has 0 aromatic heterocycles. The van der Waals surface area contributed by atoms with E-state index >= 15 is 0 Å². The number of rotatable bonds is 3. The van der Waals surface area contributed by atoms with Crippen molar-refractivity contribution in [2.45, 2.75) is 0 Å². The van der Waals surface area contributed by atoms with Crippen molar-refractivity contribution in [3.8, 4) is 22.3 Å². The van der Waals surface area contributed by atoms with Crippen molar-refractivity contribution in [3.63, 3.8) is 0 Å². The van der Waals surface area contributed by atoms with Crippen molar-refractivity contribution in [1.29, 1.82) is 0 Å². The van der Waals surface area contributed by atoms with Gasteiger partial charge in [0.25, 0.3) is 0 Å². The highest BCUT2D eigenvalue weighted by molar-refractivity contribution is 5.72. The van der Waals surface area contributed by atoms with Crippen molar-refractivity contribution in [2.24, 2.45) is 0 Å². The van der Waals surface area contributed by atoms with E-state index in [9.17, 15) is 22.0 Å². The van der Waals surface area contributed by atoms with Gasteiger partial charge in [-0.2, -0.15) is 0 Å². The Morgan fingerprint density at radius 3 is 1.68 bits per heavy atom. The molecular formula is C20H11F5. The quantitative estimate of drug-likeness (QED) is 0.382. The average Bonchev–Trinajstić information content (AvgIpc) is 2.59. The average molecular weight is 346 g/mol. The number of benzene rings is 3. The Bertz CT molecular complexity index is 953. The molecule has 3 rings (SSSR count). The summed E-state index contributed by atoms with van der Waals surface area (Å²) in [5.74, 6) is -5.81. The highest BCUT2D eigenvalue weighted by Crippen LogP contribution is 2.31. The number of halogens is 5. The molecule has 0 aliphatic rings. The minimum absolute atomic E-state index is 0.121. The summed E-state index contributed by atoms with van der Waals surface area (Å²) in [5, 5.41) is 0. The van der Waals surface area contributed by atoms with Crippen LogP contribution in [0.25, 0.3) is 28.3 Å². The lowest BCUT2D eigenvalue weighted by Crippen LogP contribution is -1.94. The van der Waals surface area contributed by atoms with Crippen LogP contribution in [0.4, 0.5) is 22.0 Å². The summed E-state index contributed by atoms with van der Waals surface area (Å²) in [5.41, 5.74) is 0.744. The molecular weight excluding hydrogens is 335 g/mol. The molecule has 0 amide bonds. The zero-order valence-electron chi connectivity index (χ0n) is 12.8. The Morgan fingerprint density at radius 1 is 0.600 bits per heavy atom. The van der Waals surface area contributed by atoms with E-state index in [4.69, 9.17) is 0 Å². The van der Waals surface area contributed by atoms with Crippen molar-refractivity contribution >= 4 is 6.08 Å². The third kappa shape index (κ3) is 3.18. The van der Waals surface area contributed by atoms with Crippen molar-refractivity contribution in [3.05, 3.63) is 89.8 Å². The SMILES string of the molecule is C=Cc1ccc(-c2ccc(-c3cc(F)c(F)c(F)c3)c(F)c2)c(F)c1. The molecule has 0 saturated carbocycles. The summed E-state index contributed by atoms with van der Waals surface area (Å²) in [6.07, 6.45) is 1.48. The summed E-state index contributed by atoms with van der Waals surface area (Å²) in [4.78, 5) is 0. The van der Waals surface area contributed by atoms with Crippen LogP contribution in [0.3, 0.4) is 0 Å².